The molecule has 1 amide bonds. The number of ether oxygens (including phenoxy) is 1. The Hall–Kier alpha value is -3.58. The van der Waals surface area contributed by atoms with Crippen molar-refractivity contribution in [3.63, 3.8) is 0 Å². The molecule has 0 unspecified atom stereocenters. The second kappa shape index (κ2) is 9.06. The van der Waals surface area contributed by atoms with Gasteiger partial charge in [-0.25, -0.2) is 14.1 Å². The van der Waals surface area contributed by atoms with E-state index in [0.29, 0.717) is 24.4 Å². The Kier molecular flexibility index (Phi) is 6.04. The molecule has 2 aromatic carbocycles. The van der Waals surface area contributed by atoms with Crippen LogP contribution in [0.4, 0.5) is 4.39 Å². The van der Waals surface area contributed by atoms with Crippen molar-refractivity contribution in [1.82, 2.24) is 20.1 Å². The summed E-state index contributed by atoms with van der Waals surface area (Å²) >= 11 is 0. The second-order valence-corrected chi connectivity index (χ2v) is 7.21. The Morgan fingerprint density at radius 1 is 1.16 bits per heavy atom. The van der Waals surface area contributed by atoms with Crippen LogP contribution in [0.3, 0.4) is 0 Å². The number of nitrogens with zero attached hydrogens (tertiary/aromatic N) is 3. The summed E-state index contributed by atoms with van der Waals surface area (Å²) in [5, 5.41) is 8.20. The van der Waals surface area contributed by atoms with Crippen LogP contribution in [0.2, 0.25) is 0 Å². The molecular formula is C24H23FN4O2. The van der Waals surface area contributed by atoms with E-state index in [2.05, 4.69) is 10.4 Å². The third-order valence-corrected chi connectivity index (χ3v) is 5.13. The van der Waals surface area contributed by atoms with Crippen LogP contribution in [0.1, 0.15) is 22.5 Å². The van der Waals surface area contributed by atoms with Gasteiger partial charge in [-0.2, -0.15) is 5.10 Å². The molecule has 0 aliphatic heterocycles. The van der Waals surface area contributed by atoms with Gasteiger partial charge in [0.1, 0.15) is 5.82 Å². The molecule has 0 saturated carbocycles. The van der Waals surface area contributed by atoms with E-state index in [1.807, 2.05) is 31.2 Å². The minimum atomic E-state index is -0.300. The average molecular weight is 418 g/mol. The van der Waals surface area contributed by atoms with Crippen molar-refractivity contribution < 1.29 is 13.9 Å². The number of methoxy groups -OCH3 is 1. The van der Waals surface area contributed by atoms with Gasteiger partial charge in [-0.1, -0.05) is 18.2 Å². The number of benzene rings is 2. The van der Waals surface area contributed by atoms with E-state index in [-0.39, 0.29) is 11.7 Å². The molecule has 0 radical (unpaired) electrons. The lowest BCUT2D eigenvalue weighted by Gasteiger charge is -2.11. The highest BCUT2D eigenvalue weighted by Gasteiger charge is 2.17. The molecule has 0 spiro atoms. The number of halogens is 1. The van der Waals surface area contributed by atoms with Crippen LogP contribution in [0, 0.1) is 12.7 Å². The van der Waals surface area contributed by atoms with Crippen molar-refractivity contribution in [2.45, 2.75) is 13.3 Å². The maximum atomic E-state index is 13.3. The maximum absolute atomic E-state index is 13.3. The number of rotatable bonds is 7. The van der Waals surface area contributed by atoms with Crippen LogP contribution in [0.15, 0.2) is 60.8 Å². The lowest BCUT2D eigenvalue weighted by atomic mass is 10.0. The molecule has 0 atom stereocenters. The number of fused-ring (bicyclic) bond motifs is 1. The Labute approximate surface area is 179 Å². The van der Waals surface area contributed by atoms with Gasteiger partial charge in [-0.3, -0.25) is 4.79 Å². The number of carbonyl (C=O) groups is 1. The van der Waals surface area contributed by atoms with Gasteiger partial charge in [0.25, 0.3) is 5.91 Å². The van der Waals surface area contributed by atoms with Gasteiger partial charge in [0.2, 0.25) is 0 Å². The van der Waals surface area contributed by atoms with Crippen LogP contribution >= 0.6 is 0 Å². The Morgan fingerprint density at radius 2 is 1.94 bits per heavy atom. The number of para-hydroxylation sites is 1. The lowest BCUT2D eigenvalue weighted by Crippen LogP contribution is -2.25. The van der Waals surface area contributed by atoms with Crippen molar-refractivity contribution in [3.8, 4) is 16.9 Å². The quantitative estimate of drug-likeness (QED) is 0.454. The summed E-state index contributed by atoms with van der Waals surface area (Å²) < 4.78 is 20.1. The molecule has 0 saturated heterocycles. The van der Waals surface area contributed by atoms with Crippen molar-refractivity contribution >= 4 is 16.8 Å². The molecule has 6 nitrogen and oxygen atoms in total. The lowest BCUT2D eigenvalue weighted by molar-refractivity contribution is 0.0950. The first-order valence-corrected chi connectivity index (χ1v) is 10.1. The van der Waals surface area contributed by atoms with E-state index < -0.39 is 0 Å². The number of amides is 1. The number of aromatic nitrogens is 3. The summed E-state index contributed by atoms with van der Waals surface area (Å²) in [7, 11) is 1.64. The molecule has 31 heavy (non-hydrogen) atoms. The topological polar surface area (TPSA) is 69.0 Å². The fraction of sp³-hybridized carbons (Fsp3) is 0.208. The van der Waals surface area contributed by atoms with E-state index in [0.717, 1.165) is 34.3 Å². The second-order valence-electron chi connectivity index (χ2n) is 7.21. The highest BCUT2D eigenvalue weighted by molar-refractivity contribution is 6.07. The van der Waals surface area contributed by atoms with Gasteiger partial charge in [0.05, 0.1) is 34.4 Å². The molecular weight excluding hydrogens is 395 g/mol. The van der Waals surface area contributed by atoms with Gasteiger partial charge in [-0.15, -0.1) is 0 Å². The molecule has 7 heteroatoms. The highest BCUT2D eigenvalue weighted by atomic mass is 19.1. The summed E-state index contributed by atoms with van der Waals surface area (Å²) in [6, 6.07) is 15.5. The van der Waals surface area contributed by atoms with Crippen molar-refractivity contribution in [1.29, 1.82) is 0 Å². The van der Waals surface area contributed by atoms with E-state index in [9.17, 15) is 9.18 Å². The number of pyridine rings is 1. The Bertz CT molecular complexity index is 1220. The average Bonchev–Trinajstić information content (AvgIpc) is 3.17. The predicted octanol–water partition coefficient (Wildman–Crippen LogP) is 4.30. The minimum Gasteiger partial charge on any atom is -0.385 e. The summed E-state index contributed by atoms with van der Waals surface area (Å²) in [6.07, 6.45) is 2.46. The summed E-state index contributed by atoms with van der Waals surface area (Å²) in [6.45, 7) is 3.04. The van der Waals surface area contributed by atoms with Gasteiger partial charge >= 0.3 is 0 Å². The van der Waals surface area contributed by atoms with Crippen LogP contribution in [-0.4, -0.2) is 40.9 Å². The maximum Gasteiger partial charge on any atom is 0.252 e. The monoisotopic (exact) mass is 418 g/mol. The summed E-state index contributed by atoms with van der Waals surface area (Å²) in [5.74, 6) is -0.453. The van der Waals surface area contributed by atoms with E-state index in [4.69, 9.17) is 9.72 Å². The first kappa shape index (κ1) is 20.7. The van der Waals surface area contributed by atoms with Gasteiger partial charge in [0.15, 0.2) is 0 Å². The third kappa shape index (κ3) is 4.32. The molecule has 0 aliphatic rings. The van der Waals surface area contributed by atoms with Crippen LogP contribution in [0.5, 0.6) is 0 Å². The zero-order valence-corrected chi connectivity index (χ0v) is 17.4. The van der Waals surface area contributed by atoms with E-state index in [1.165, 1.54) is 12.1 Å². The molecule has 2 heterocycles. The van der Waals surface area contributed by atoms with E-state index >= 15 is 0 Å². The van der Waals surface area contributed by atoms with Crippen LogP contribution in [0.25, 0.3) is 27.8 Å². The first-order valence-electron chi connectivity index (χ1n) is 10.1. The normalized spacial score (nSPS) is 11.1. The molecule has 2 aromatic heterocycles. The molecule has 4 aromatic rings. The molecule has 0 aliphatic carbocycles. The van der Waals surface area contributed by atoms with Gasteiger partial charge < -0.3 is 10.1 Å². The highest BCUT2D eigenvalue weighted by Crippen LogP contribution is 2.28. The number of carbonyl (C=O) groups excluding carboxylic acids is 1. The zero-order valence-electron chi connectivity index (χ0n) is 17.4. The van der Waals surface area contributed by atoms with Crippen molar-refractivity contribution in [2.24, 2.45) is 0 Å². The van der Waals surface area contributed by atoms with Crippen LogP contribution in [-0.2, 0) is 4.74 Å². The number of nitrogens with one attached hydrogen (secondary N) is 1. The first-order chi connectivity index (χ1) is 15.1. The number of hydrogen-bond donors (Lipinski definition) is 1. The molecule has 0 bridgehead atoms. The standard InChI is InChI=1S/C24H23FN4O2/c1-16-21(15-27-29(16)18-10-8-17(25)9-11-18)23-14-20(24(30)26-12-5-13-31-2)19-6-3-4-7-22(19)28-23/h3-4,6-11,14-15H,5,12-13H2,1-2H3,(H,26,30). The summed E-state index contributed by atoms with van der Waals surface area (Å²) in [4.78, 5) is 17.7. The van der Waals surface area contributed by atoms with E-state index in [1.54, 1.807) is 36.2 Å². The SMILES string of the molecule is COCCCNC(=O)c1cc(-c2cnn(-c3ccc(F)cc3)c2C)nc2ccccc12. The van der Waals surface area contributed by atoms with Crippen molar-refractivity contribution in [3.05, 3.63) is 77.9 Å². The Balaban J connectivity index is 1.73. The molecule has 1 N–H and O–H groups in total. The molecule has 158 valence electrons. The largest absolute Gasteiger partial charge is 0.385 e. The number of hydrogen-bond acceptors (Lipinski definition) is 4. The fourth-order valence-corrected chi connectivity index (χ4v) is 3.52. The van der Waals surface area contributed by atoms with Gasteiger partial charge in [0, 0.05) is 31.2 Å². The summed E-state index contributed by atoms with van der Waals surface area (Å²) in [5.41, 5.74) is 4.36. The van der Waals surface area contributed by atoms with Crippen LogP contribution < -0.4 is 5.32 Å². The third-order valence-electron chi connectivity index (χ3n) is 5.13. The predicted molar refractivity (Wildman–Crippen MR) is 118 cm³/mol. The van der Waals surface area contributed by atoms with Gasteiger partial charge in [-0.05, 0) is 49.7 Å². The minimum absolute atomic E-state index is 0.153. The van der Waals surface area contributed by atoms with Crippen molar-refractivity contribution in [2.75, 3.05) is 20.3 Å². The zero-order chi connectivity index (χ0) is 21.8. The molecule has 0 fully saturated rings. The smallest absolute Gasteiger partial charge is 0.252 e. The fourth-order valence-electron chi connectivity index (χ4n) is 3.52. The molecule has 4 rings (SSSR count). The Morgan fingerprint density at radius 3 is 2.71 bits per heavy atom.